The number of H-pyrrole nitrogens is 1. The number of carbonyl (C=O) groups is 1. The maximum absolute atomic E-state index is 14.0. The molecule has 0 radical (unpaired) electrons. The van der Waals surface area contributed by atoms with Crippen LogP contribution in [-0.2, 0) is 0 Å². The van der Waals surface area contributed by atoms with Crippen LogP contribution in [0.5, 0.6) is 5.75 Å². The molecule has 250 valence electrons. The highest BCUT2D eigenvalue weighted by atomic mass is 16.5. The van der Waals surface area contributed by atoms with Crippen molar-refractivity contribution >= 4 is 28.4 Å². The number of piperidine rings is 1. The molecule has 9 nitrogen and oxygen atoms in total. The number of likely N-dealkylation sites (tertiary alicyclic amines) is 1. The second kappa shape index (κ2) is 16.1. The zero-order valence-corrected chi connectivity index (χ0v) is 28.2. The number of urea groups is 1. The largest absolute Gasteiger partial charge is 0.494 e. The van der Waals surface area contributed by atoms with Crippen LogP contribution >= 0.6 is 0 Å². The summed E-state index contributed by atoms with van der Waals surface area (Å²) in [6.45, 7) is 12.7. The quantitative estimate of drug-likeness (QED) is 0.131. The van der Waals surface area contributed by atoms with E-state index in [1.807, 2.05) is 18.2 Å². The molecular weight excluding hydrogens is 590 g/mol. The van der Waals surface area contributed by atoms with Gasteiger partial charge in [-0.3, -0.25) is 9.69 Å². The topological polar surface area (TPSA) is 111 Å². The number of anilines is 2. The molecule has 4 aromatic rings. The molecule has 2 aromatic carbocycles. The molecule has 5 rings (SSSR count). The zero-order valence-electron chi connectivity index (χ0n) is 28.2. The Morgan fingerprint density at radius 1 is 0.979 bits per heavy atom. The van der Waals surface area contributed by atoms with Gasteiger partial charge >= 0.3 is 6.03 Å². The van der Waals surface area contributed by atoms with Crippen LogP contribution in [0.1, 0.15) is 82.8 Å². The highest BCUT2D eigenvalue weighted by molar-refractivity contribution is 6.03. The van der Waals surface area contributed by atoms with Crippen molar-refractivity contribution in [1.29, 1.82) is 0 Å². The van der Waals surface area contributed by atoms with E-state index >= 15 is 0 Å². The number of nitrogens with one attached hydrogen (secondary N) is 2. The zero-order chi connectivity index (χ0) is 33.3. The summed E-state index contributed by atoms with van der Waals surface area (Å²) in [4.78, 5) is 38.1. The van der Waals surface area contributed by atoms with Crippen LogP contribution in [0.4, 0.5) is 16.2 Å². The Bertz CT molecular complexity index is 1680. The molecule has 3 N–H and O–H groups in total. The second-order valence-corrected chi connectivity index (χ2v) is 13.1. The Hall–Kier alpha value is -4.21. The van der Waals surface area contributed by atoms with Gasteiger partial charge in [-0.25, -0.2) is 9.78 Å². The molecule has 0 saturated carbocycles. The fourth-order valence-corrected chi connectivity index (χ4v) is 6.29. The average molecular weight is 640 g/mol. The number of aliphatic hydroxyl groups excluding tert-OH is 1. The van der Waals surface area contributed by atoms with Gasteiger partial charge in [0.2, 0.25) is 0 Å². The number of aromatic nitrogens is 2. The summed E-state index contributed by atoms with van der Waals surface area (Å²) < 4.78 is 6.19. The minimum Gasteiger partial charge on any atom is -0.494 e. The lowest BCUT2D eigenvalue weighted by Crippen LogP contribution is -2.39. The van der Waals surface area contributed by atoms with E-state index in [-0.39, 0.29) is 30.7 Å². The summed E-state index contributed by atoms with van der Waals surface area (Å²) >= 11 is 0. The Morgan fingerprint density at radius 3 is 2.43 bits per heavy atom. The first kappa shape index (κ1) is 34.1. The maximum Gasteiger partial charge on any atom is 0.326 e. The van der Waals surface area contributed by atoms with Crippen molar-refractivity contribution in [2.24, 2.45) is 0 Å². The number of nitrogens with zero attached hydrogens (tertiary/aromatic N) is 3. The standard InChI is InChI=1S/C38H49N5O4/c1-26(2)32-23-30(28-12-8-14-31(22-28)47-21-11-18-42-16-6-5-7-17-42)24-33(27(3)4)35(32)40-38(46)43(19-10-20-44)34-25-29-13-9-15-39-36(29)41-37(34)45/h8-9,12-15,22-27,44H,5-7,10-11,16-21H2,1-4H3,(H,40,46)(H,39,41,45). The lowest BCUT2D eigenvalue weighted by molar-refractivity contribution is 0.205. The number of hydrogen-bond acceptors (Lipinski definition) is 6. The molecule has 2 aromatic heterocycles. The number of aromatic amines is 1. The highest BCUT2D eigenvalue weighted by Crippen LogP contribution is 2.38. The fraction of sp³-hybridized carbons (Fsp3) is 0.447. The number of rotatable bonds is 13. The number of hydrogen-bond donors (Lipinski definition) is 3. The van der Waals surface area contributed by atoms with Crippen molar-refractivity contribution in [1.82, 2.24) is 14.9 Å². The van der Waals surface area contributed by atoms with E-state index in [0.717, 1.165) is 46.7 Å². The van der Waals surface area contributed by atoms with Gasteiger partial charge in [0.25, 0.3) is 5.56 Å². The van der Waals surface area contributed by atoms with Crippen molar-refractivity contribution in [3.63, 3.8) is 0 Å². The van der Waals surface area contributed by atoms with Crippen molar-refractivity contribution in [3.05, 3.63) is 82.3 Å². The number of fused-ring (bicyclic) bond motifs is 1. The first-order chi connectivity index (χ1) is 22.7. The molecular formula is C38H49N5O4. The molecule has 47 heavy (non-hydrogen) atoms. The molecule has 1 aliphatic heterocycles. The molecule has 2 amide bonds. The smallest absolute Gasteiger partial charge is 0.326 e. The van der Waals surface area contributed by atoms with E-state index in [9.17, 15) is 14.7 Å². The first-order valence-electron chi connectivity index (χ1n) is 17.1. The minimum absolute atomic E-state index is 0.109. The fourth-order valence-electron chi connectivity index (χ4n) is 6.29. The van der Waals surface area contributed by atoms with Gasteiger partial charge in [0, 0.05) is 37.0 Å². The molecule has 0 aliphatic carbocycles. The van der Waals surface area contributed by atoms with E-state index in [4.69, 9.17) is 4.74 Å². The number of amides is 2. The number of aliphatic hydroxyl groups is 1. The van der Waals surface area contributed by atoms with Crippen LogP contribution in [0.25, 0.3) is 22.2 Å². The van der Waals surface area contributed by atoms with Crippen LogP contribution < -0.4 is 20.5 Å². The molecule has 0 spiro atoms. The second-order valence-electron chi connectivity index (χ2n) is 13.1. The summed E-state index contributed by atoms with van der Waals surface area (Å²) in [5.74, 6) is 1.07. The van der Waals surface area contributed by atoms with Crippen molar-refractivity contribution in [2.75, 3.05) is 49.6 Å². The van der Waals surface area contributed by atoms with Crippen molar-refractivity contribution in [3.8, 4) is 16.9 Å². The van der Waals surface area contributed by atoms with E-state index in [1.165, 1.54) is 37.3 Å². The first-order valence-corrected chi connectivity index (χ1v) is 17.1. The summed E-state index contributed by atoms with van der Waals surface area (Å²) in [6, 6.07) is 17.4. The third-order valence-corrected chi connectivity index (χ3v) is 8.85. The van der Waals surface area contributed by atoms with Crippen LogP contribution in [0.3, 0.4) is 0 Å². The Kier molecular flexibility index (Phi) is 11.7. The van der Waals surface area contributed by atoms with Gasteiger partial charge in [0.1, 0.15) is 17.1 Å². The van der Waals surface area contributed by atoms with Crippen LogP contribution in [0.15, 0.2) is 65.6 Å². The molecule has 9 heteroatoms. The molecule has 1 fully saturated rings. The van der Waals surface area contributed by atoms with E-state index in [0.29, 0.717) is 24.1 Å². The number of carbonyl (C=O) groups excluding carboxylic acids is 1. The number of ether oxygens (including phenoxy) is 1. The Morgan fingerprint density at radius 2 is 1.72 bits per heavy atom. The minimum atomic E-state index is -0.427. The van der Waals surface area contributed by atoms with Gasteiger partial charge in [0.15, 0.2) is 0 Å². The maximum atomic E-state index is 14.0. The molecule has 1 aliphatic rings. The van der Waals surface area contributed by atoms with Crippen LogP contribution in [-0.4, -0.2) is 65.4 Å². The van der Waals surface area contributed by atoms with Gasteiger partial charge in [0.05, 0.1) is 6.61 Å². The Labute approximate surface area is 278 Å². The lowest BCUT2D eigenvalue weighted by Gasteiger charge is -2.27. The van der Waals surface area contributed by atoms with Gasteiger partial charge in [-0.1, -0.05) is 46.2 Å². The van der Waals surface area contributed by atoms with Crippen molar-refractivity contribution in [2.45, 2.75) is 71.6 Å². The number of pyridine rings is 2. The highest BCUT2D eigenvalue weighted by Gasteiger charge is 2.24. The summed E-state index contributed by atoms with van der Waals surface area (Å²) in [7, 11) is 0. The molecule has 1 saturated heterocycles. The summed E-state index contributed by atoms with van der Waals surface area (Å²) in [5, 5.41) is 13.5. The summed E-state index contributed by atoms with van der Waals surface area (Å²) in [5.41, 5.74) is 5.12. The van der Waals surface area contributed by atoms with E-state index in [2.05, 4.69) is 72.1 Å². The predicted molar refractivity (Wildman–Crippen MR) is 191 cm³/mol. The van der Waals surface area contributed by atoms with Gasteiger partial charge < -0.3 is 25.0 Å². The molecule has 0 unspecified atom stereocenters. The van der Waals surface area contributed by atoms with Crippen molar-refractivity contribution < 1.29 is 14.6 Å². The van der Waals surface area contributed by atoms with E-state index in [1.54, 1.807) is 18.3 Å². The van der Waals surface area contributed by atoms with E-state index < -0.39 is 11.6 Å². The molecule has 3 heterocycles. The van der Waals surface area contributed by atoms with Gasteiger partial charge in [-0.2, -0.15) is 0 Å². The van der Waals surface area contributed by atoms with Crippen LogP contribution in [0.2, 0.25) is 0 Å². The third kappa shape index (κ3) is 8.58. The van der Waals surface area contributed by atoms with Gasteiger partial charge in [-0.05, 0) is 115 Å². The normalized spacial score (nSPS) is 13.8. The summed E-state index contributed by atoms with van der Waals surface area (Å²) in [6.07, 6.45) is 6.88. The SMILES string of the molecule is CC(C)c1cc(-c2cccc(OCCCN3CCCCC3)c2)cc(C(C)C)c1NC(=O)N(CCCO)c1cc2cccnc2[nH]c1=O. The molecule has 0 bridgehead atoms. The van der Waals surface area contributed by atoms with Crippen LogP contribution in [0, 0.1) is 0 Å². The predicted octanol–water partition coefficient (Wildman–Crippen LogP) is 7.51. The molecule has 0 atom stereocenters. The van der Waals surface area contributed by atoms with Gasteiger partial charge in [-0.15, -0.1) is 0 Å². The number of benzene rings is 2. The lowest BCUT2D eigenvalue weighted by atomic mass is 9.88. The Balaban J connectivity index is 1.41. The third-order valence-electron chi connectivity index (χ3n) is 8.85. The monoisotopic (exact) mass is 639 g/mol. The average Bonchev–Trinajstić information content (AvgIpc) is 3.07.